The zero-order valence-electron chi connectivity index (χ0n) is 18.3. The predicted octanol–water partition coefficient (Wildman–Crippen LogP) is 4.39. The molecule has 0 aliphatic carbocycles. The highest BCUT2D eigenvalue weighted by molar-refractivity contribution is 6.31. The minimum Gasteiger partial charge on any atom is -0.348 e. The summed E-state index contributed by atoms with van der Waals surface area (Å²) in [5.41, 5.74) is 3.47. The lowest BCUT2D eigenvalue weighted by Gasteiger charge is -2.14. The summed E-state index contributed by atoms with van der Waals surface area (Å²) in [6.45, 7) is 6.21. The number of carbonyl (C=O) groups excluding carboxylic acids is 1. The molecule has 0 unspecified atom stereocenters. The Morgan fingerprint density at radius 2 is 1.75 bits per heavy atom. The number of carbonyl (C=O) groups is 1. The van der Waals surface area contributed by atoms with E-state index in [1.165, 1.54) is 4.68 Å². The molecule has 1 N–H and O–H groups in total. The second-order valence-electron chi connectivity index (χ2n) is 7.94. The van der Waals surface area contributed by atoms with Crippen molar-refractivity contribution in [1.29, 1.82) is 0 Å². The Labute approximate surface area is 191 Å². The van der Waals surface area contributed by atoms with E-state index in [2.05, 4.69) is 15.0 Å². The summed E-state index contributed by atoms with van der Waals surface area (Å²) in [5.74, 6) is -0.264. The van der Waals surface area contributed by atoms with Crippen LogP contribution in [0, 0.1) is 13.8 Å². The van der Waals surface area contributed by atoms with Crippen molar-refractivity contribution in [3.8, 4) is 0 Å². The molecule has 0 bridgehead atoms. The van der Waals surface area contributed by atoms with E-state index >= 15 is 0 Å². The van der Waals surface area contributed by atoms with E-state index in [9.17, 15) is 9.59 Å². The minimum atomic E-state index is -0.275. The number of amides is 1. The summed E-state index contributed by atoms with van der Waals surface area (Å²) in [4.78, 5) is 25.8. The molecule has 2 aromatic carbocycles. The summed E-state index contributed by atoms with van der Waals surface area (Å²) in [6.07, 6.45) is 1.66. The van der Waals surface area contributed by atoms with Gasteiger partial charge in [-0.15, -0.1) is 0 Å². The summed E-state index contributed by atoms with van der Waals surface area (Å²) in [5, 5.41) is 9.25. The number of fused-ring (bicyclic) bond motifs is 1. The van der Waals surface area contributed by atoms with Gasteiger partial charge in [0.25, 0.3) is 5.56 Å². The molecule has 0 aliphatic rings. The number of hydrogen-bond acceptors (Lipinski definition) is 3. The maximum atomic E-state index is 13.2. The van der Waals surface area contributed by atoms with Gasteiger partial charge in [0, 0.05) is 28.3 Å². The number of aromatic nitrogens is 3. The topological polar surface area (TPSA) is 68.9 Å². The summed E-state index contributed by atoms with van der Waals surface area (Å²) < 4.78 is 3.29. The van der Waals surface area contributed by atoms with Crippen molar-refractivity contribution in [1.82, 2.24) is 19.7 Å². The zero-order valence-corrected chi connectivity index (χ0v) is 19.1. The van der Waals surface area contributed by atoms with Gasteiger partial charge in [-0.25, -0.2) is 4.68 Å². The van der Waals surface area contributed by atoms with Crippen molar-refractivity contribution in [3.63, 3.8) is 0 Å². The summed E-state index contributed by atoms with van der Waals surface area (Å²) in [6, 6.07) is 17.2. The molecule has 4 aromatic rings. The predicted molar refractivity (Wildman–Crippen MR) is 127 cm³/mol. The summed E-state index contributed by atoms with van der Waals surface area (Å²) >= 11 is 6.34. The lowest BCUT2D eigenvalue weighted by molar-refractivity contribution is -0.122. The zero-order chi connectivity index (χ0) is 22.8. The lowest BCUT2D eigenvalue weighted by Crippen LogP contribution is -2.35. The number of nitrogens with zero attached hydrogens (tertiary/aromatic N) is 3. The smallest absolute Gasteiger partial charge is 0.276 e. The maximum Gasteiger partial charge on any atom is 0.276 e. The molecule has 1 atom stereocenters. The molecule has 0 saturated heterocycles. The van der Waals surface area contributed by atoms with Crippen molar-refractivity contribution in [2.45, 2.75) is 39.9 Å². The standard InChI is InChI=1S/C25H25ClN4O2/c1-16(19-9-5-4-6-10-19)28-23(31)15-30-25(32)24-18(3)29(17(2)21(24)13-27-30)14-20-11-7-8-12-22(20)26/h4-13,16H,14-15H2,1-3H3,(H,28,31)/t16-/m0/s1. The number of aryl methyl sites for hydroxylation is 2. The van der Waals surface area contributed by atoms with Crippen LogP contribution in [0.3, 0.4) is 0 Å². The first kappa shape index (κ1) is 21.8. The molecule has 4 rings (SSSR count). The third-order valence-corrected chi connectivity index (χ3v) is 6.23. The third kappa shape index (κ3) is 4.18. The molecule has 0 aliphatic heterocycles. The molecule has 2 aromatic heterocycles. The van der Waals surface area contributed by atoms with Gasteiger partial charge in [0.15, 0.2) is 0 Å². The van der Waals surface area contributed by atoms with Gasteiger partial charge in [0.2, 0.25) is 5.91 Å². The average molecular weight is 449 g/mol. The van der Waals surface area contributed by atoms with E-state index in [1.54, 1.807) is 6.20 Å². The molecule has 2 heterocycles. The van der Waals surface area contributed by atoms with Crippen LogP contribution in [0.4, 0.5) is 0 Å². The normalized spacial score (nSPS) is 12.1. The van der Waals surface area contributed by atoms with Gasteiger partial charge in [0.05, 0.1) is 17.6 Å². The van der Waals surface area contributed by atoms with E-state index in [0.29, 0.717) is 17.0 Å². The highest BCUT2D eigenvalue weighted by atomic mass is 35.5. The van der Waals surface area contributed by atoms with Crippen LogP contribution >= 0.6 is 11.6 Å². The fourth-order valence-corrected chi connectivity index (χ4v) is 4.24. The maximum absolute atomic E-state index is 13.2. The highest BCUT2D eigenvalue weighted by Gasteiger charge is 2.18. The van der Waals surface area contributed by atoms with Crippen LogP contribution in [-0.4, -0.2) is 20.3 Å². The molecule has 164 valence electrons. The lowest BCUT2D eigenvalue weighted by atomic mass is 10.1. The number of benzene rings is 2. The summed E-state index contributed by atoms with van der Waals surface area (Å²) in [7, 11) is 0. The molecule has 0 spiro atoms. The SMILES string of the molecule is Cc1c2cnn(CC(=O)N[C@@H](C)c3ccccc3)c(=O)c2c(C)n1Cc1ccccc1Cl. The molecule has 7 heteroatoms. The van der Waals surface area contributed by atoms with Crippen LogP contribution in [0.5, 0.6) is 0 Å². The molecule has 6 nitrogen and oxygen atoms in total. The van der Waals surface area contributed by atoms with Crippen molar-refractivity contribution >= 4 is 28.3 Å². The fourth-order valence-electron chi connectivity index (χ4n) is 4.04. The van der Waals surface area contributed by atoms with Gasteiger partial charge in [-0.05, 0) is 38.0 Å². The Kier molecular flexibility index (Phi) is 6.15. The van der Waals surface area contributed by atoms with E-state index < -0.39 is 0 Å². The van der Waals surface area contributed by atoms with Gasteiger partial charge in [0.1, 0.15) is 6.54 Å². The van der Waals surface area contributed by atoms with Gasteiger partial charge in [-0.2, -0.15) is 5.10 Å². The van der Waals surface area contributed by atoms with Crippen LogP contribution in [0.15, 0.2) is 65.6 Å². The third-order valence-electron chi connectivity index (χ3n) is 5.86. The molecular formula is C25H25ClN4O2. The first-order valence-corrected chi connectivity index (χ1v) is 10.9. The fraction of sp³-hybridized carbons (Fsp3) is 0.240. The van der Waals surface area contributed by atoms with Gasteiger partial charge < -0.3 is 9.88 Å². The largest absolute Gasteiger partial charge is 0.348 e. The quantitative estimate of drug-likeness (QED) is 0.475. The van der Waals surface area contributed by atoms with E-state index in [1.807, 2.05) is 75.4 Å². The van der Waals surface area contributed by atoms with Crippen LogP contribution in [0.1, 0.15) is 35.5 Å². The second-order valence-corrected chi connectivity index (χ2v) is 8.35. The second kappa shape index (κ2) is 9.01. The van der Waals surface area contributed by atoms with Crippen LogP contribution in [-0.2, 0) is 17.9 Å². The number of rotatable bonds is 6. The van der Waals surface area contributed by atoms with Crippen molar-refractivity contribution in [2.24, 2.45) is 0 Å². The van der Waals surface area contributed by atoms with Crippen molar-refractivity contribution in [2.75, 3.05) is 0 Å². The number of nitrogens with one attached hydrogen (secondary N) is 1. The first-order chi connectivity index (χ1) is 15.4. The monoisotopic (exact) mass is 448 g/mol. The molecule has 32 heavy (non-hydrogen) atoms. The molecule has 0 radical (unpaired) electrons. The minimum absolute atomic E-state index is 0.139. The molecule has 0 fully saturated rings. The van der Waals surface area contributed by atoms with Crippen molar-refractivity contribution < 1.29 is 4.79 Å². The Bertz CT molecular complexity index is 1340. The molecule has 0 saturated carbocycles. The molecular weight excluding hydrogens is 424 g/mol. The van der Waals surface area contributed by atoms with E-state index in [4.69, 9.17) is 11.6 Å². The van der Waals surface area contributed by atoms with Gasteiger partial charge in [-0.1, -0.05) is 60.1 Å². The highest BCUT2D eigenvalue weighted by Crippen LogP contribution is 2.25. The van der Waals surface area contributed by atoms with Crippen molar-refractivity contribution in [3.05, 3.63) is 98.7 Å². The number of hydrogen-bond donors (Lipinski definition) is 1. The Morgan fingerprint density at radius 3 is 2.47 bits per heavy atom. The number of halogens is 1. The average Bonchev–Trinajstić information content (AvgIpc) is 3.02. The Balaban J connectivity index is 1.61. The van der Waals surface area contributed by atoms with E-state index in [-0.39, 0.29) is 24.1 Å². The van der Waals surface area contributed by atoms with Crippen LogP contribution in [0.2, 0.25) is 5.02 Å². The molecule has 1 amide bonds. The van der Waals surface area contributed by atoms with Crippen LogP contribution in [0.25, 0.3) is 10.8 Å². The van der Waals surface area contributed by atoms with Gasteiger partial charge >= 0.3 is 0 Å². The van der Waals surface area contributed by atoms with Gasteiger partial charge in [-0.3, -0.25) is 9.59 Å². The Morgan fingerprint density at radius 1 is 1.06 bits per heavy atom. The first-order valence-electron chi connectivity index (χ1n) is 10.5. The van der Waals surface area contributed by atoms with E-state index in [0.717, 1.165) is 27.9 Å². The Hall–Kier alpha value is -3.38. The van der Waals surface area contributed by atoms with Crippen LogP contribution < -0.4 is 10.9 Å².